The van der Waals surface area contributed by atoms with Crippen LogP contribution < -0.4 is 5.32 Å². The van der Waals surface area contributed by atoms with E-state index < -0.39 is 12.0 Å². The Morgan fingerprint density at radius 3 is 2.60 bits per heavy atom. The van der Waals surface area contributed by atoms with E-state index in [1.54, 1.807) is 0 Å². The molecule has 1 rings (SSSR count). The van der Waals surface area contributed by atoms with E-state index >= 15 is 0 Å². The predicted octanol–water partition coefficient (Wildman–Crippen LogP) is 1.25. The Hall–Kier alpha value is -0.610. The number of hydrogen-bond donors (Lipinski definition) is 2. The van der Waals surface area contributed by atoms with Crippen molar-refractivity contribution in [2.24, 2.45) is 5.92 Å². The molecule has 0 saturated heterocycles. The minimum atomic E-state index is -0.832. The summed E-state index contributed by atoms with van der Waals surface area (Å²) in [5.74, 6) is -0.203. The molecule has 2 N–H and O–H groups in total. The molecule has 1 aliphatic rings. The smallest absolute Gasteiger partial charge is 0.323 e. The molecule has 4 heteroatoms. The van der Waals surface area contributed by atoms with E-state index in [2.05, 4.69) is 12.2 Å². The van der Waals surface area contributed by atoms with Gasteiger partial charge in [-0.15, -0.1) is 0 Å². The third kappa shape index (κ3) is 3.80. The minimum Gasteiger partial charge on any atom is -0.480 e. The molecular formula is C11H21NO3. The zero-order valence-corrected chi connectivity index (χ0v) is 9.53. The quantitative estimate of drug-likeness (QED) is 0.700. The summed E-state index contributed by atoms with van der Waals surface area (Å²) in [5.41, 5.74) is 0. The molecule has 1 saturated carbocycles. The second kappa shape index (κ2) is 6.08. The Morgan fingerprint density at radius 2 is 2.13 bits per heavy atom. The van der Waals surface area contributed by atoms with Gasteiger partial charge in [-0.25, -0.2) is 0 Å². The maximum Gasteiger partial charge on any atom is 0.323 e. The molecule has 1 fully saturated rings. The highest BCUT2D eigenvalue weighted by atomic mass is 16.5. The monoisotopic (exact) mass is 215 g/mol. The van der Waals surface area contributed by atoms with Gasteiger partial charge in [0.25, 0.3) is 0 Å². The predicted molar refractivity (Wildman–Crippen MR) is 57.9 cm³/mol. The highest BCUT2D eigenvalue weighted by molar-refractivity contribution is 5.73. The lowest BCUT2D eigenvalue weighted by atomic mass is 9.99. The zero-order chi connectivity index (χ0) is 11.3. The standard InChI is InChI=1S/C11H21NO3/c1-8(9-5-3-4-6-9)12-10(7-15-2)11(13)14/h8-10,12H,3-7H2,1-2H3,(H,13,14)/t8-,10?/m1/s1. The van der Waals surface area contributed by atoms with Gasteiger partial charge >= 0.3 is 5.97 Å². The summed E-state index contributed by atoms with van der Waals surface area (Å²) in [6.45, 7) is 2.30. The van der Waals surface area contributed by atoms with Gasteiger partial charge in [0.1, 0.15) is 6.04 Å². The third-order valence-corrected chi connectivity index (χ3v) is 3.20. The van der Waals surface area contributed by atoms with Crippen LogP contribution in [-0.2, 0) is 9.53 Å². The molecule has 0 spiro atoms. The number of carboxylic acid groups (broad SMARTS) is 1. The lowest BCUT2D eigenvalue weighted by Crippen LogP contribution is -2.47. The first-order valence-electron chi connectivity index (χ1n) is 5.63. The lowest BCUT2D eigenvalue weighted by molar-refractivity contribution is -0.141. The van der Waals surface area contributed by atoms with E-state index in [0.717, 1.165) is 0 Å². The van der Waals surface area contributed by atoms with E-state index in [-0.39, 0.29) is 12.6 Å². The second-order valence-corrected chi connectivity index (χ2v) is 4.35. The Bertz CT molecular complexity index is 202. The second-order valence-electron chi connectivity index (χ2n) is 4.35. The van der Waals surface area contributed by atoms with Gasteiger partial charge in [-0.2, -0.15) is 0 Å². The highest BCUT2D eigenvalue weighted by Crippen LogP contribution is 2.27. The van der Waals surface area contributed by atoms with E-state index in [1.807, 2.05) is 0 Å². The fourth-order valence-corrected chi connectivity index (χ4v) is 2.27. The van der Waals surface area contributed by atoms with E-state index in [0.29, 0.717) is 5.92 Å². The van der Waals surface area contributed by atoms with Gasteiger partial charge in [0.05, 0.1) is 6.61 Å². The van der Waals surface area contributed by atoms with Gasteiger partial charge in [-0.3, -0.25) is 10.1 Å². The fraction of sp³-hybridized carbons (Fsp3) is 0.909. The maximum absolute atomic E-state index is 10.9. The van der Waals surface area contributed by atoms with Crippen molar-refractivity contribution < 1.29 is 14.6 Å². The van der Waals surface area contributed by atoms with Crippen LogP contribution in [-0.4, -0.2) is 36.9 Å². The molecule has 0 bridgehead atoms. The van der Waals surface area contributed by atoms with Gasteiger partial charge in [0.15, 0.2) is 0 Å². The number of aliphatic carboxylic acids is 1. The Labute approximate surface area is 91.0 Å². The van der Waals surface area contributed by atoms with Crippen LogP contribution in [0.25, 0.3) is 0 Å². The van der Waals surface area contributed by atoms with Gasteiger partial charge < -0.3 is 9.84 Å². The zero-order valence-electron chi connectivity index (χ0n) is 9.53. The summed E-state index contributed by atoms with van der Waals surface area (Å²) in [4.78, 5) is 10.9. The molecule has 1 aliphatic carbocycles. The van der Waals surface area contributed by atoms with Crippen molar-refractivity contribution in [3.8, 4) is 0 Å². The third-order valence-electron chi connectivity index (χ3n) is 3.20. The topological polar surface area (TPSA) is 58.6 Å². The van der Waals surface area contributed by atoms with E-state index in [4.69, 9.17) is 9.84 Å². The first-order chi connectivity index (χ1) is 7.15. The number of ether oxygens (including phenoxy) is 1. The number of methoxy groups -OCH3 is 1. The summed E-state index contributed by atoms with van der Waals surface area (Å²) < 4.78 is 4.89. The average Bonchev–Trinajstić information content (AvgIpc) is 2.69. The van der Waals surface area contributed by atoms with Gasteiger partial charge in [-0.1, -0.05) is 12.8 Å². The van der Waals surface area contributed by atoms with Crippen LogP contribution in [0.2, 0.25) is 0 Å². The molecule has 1 unspecified atom stereocenters. The van der Waals surface area contributed by atoms with Crippen LogP contribution in [0.5, 0.6) is 0 Å². The fourth-order valence-electron chi connectivity index (χ4n) is 2.27. The molecule has 0 aromatic rings. The van der Waals surface area contributed by atoms with Crippen LogP contribution in [0.1, 0.15) is 32.6 Å². The number of rotatable bonds is 6. The van der Waals surface area contributed by atoms with Crippen LogP contribution in [0, 0.1) is 5.92 Å². The van der Waals surface area contributed by atoms with Crippen molar-refractivity contribution >= 4 is 5.97 Å². The van der Waals surface area contributed by atoms with Crippen molar-refractivity contribution in [1.82, 2.24) is 5.32 Å². The summed E-state index contributed by atoms with van der Waals surface area (Å²) >= 11 is 0. The molecule has 2 atom stereocenters. The largest absolute Gasteiger partial charge is 0.480 e. The molecule has 0 aromatic heterocycles. The molecular weight excluding hydrogens is 194 g/mol. The molecule has 88 valence electrons. The molecule has 0 heterocycles. The van der Waals surface area contributed by atoms with Gasteiger partial charge in [0.2, 0.25) is 0 Å². The SMILES string of the molecule is COCC(N[C@H](C)C1CCCC1)C(=O)O. The lowest BCUT2D eigenvalue weighted by Gasteiger charge is -2.24. The van der Waals surface area contributed by atoms with Crippen LogP contribution in [0.4, 0.5) is 0 Å². The van der Waals surface area contributed by atoms with Crippen molar-refractivity contribution in [2.45, 2.75) is 44.7 Å². The van der Waals surface area contributed by atoms with Crippen LogP contribution in [0.15, 0.2) is 0 Å². The Balaban J connectivity index is 2.38. The average molecular weight is 215 g/mol. The highest BCUT2D eigenvalue weighted by Gasteiger charge is 2.26. The summed E-state index contributed by atoms with van der Waals surface area (Å²) in [6.07, 6.45) is 4.98. The molecule has 4 nitrogen and oxygen atoms in total. The van der Waals surface area contributed by atoms with Gasteiger partial charge in [0, 0.05) is 13.2 Å². The molecule has 0 radical (unpaired) electrons. The van der Waals surface area contributed by atoms with E-state index in [1.165, 1.54) is 32.8 Å². The summed E-state index contributed by atoms with van der Waals surface area (Å²) in [5, 5.41) is 12.1. The Morgan fingerprint density at radius 1 is 1.53 bits per heavy atom. The van der Waals surface area contributed by atoms with Crippen molar-refractivity contribution in [1.29, 1.82) is 0 Å². The maximum atomic E-state index is 10.9. The molecule has 0 aromatic carbocycles. The normalized spacial score (nSPS) is 21.5. The summed E-state index contributed by atoms with van der Waals surface area (Å²) in [6, 6.07) is -0.311. The molecule has 0 aliphatic heterocycles. The minimum absolute atomic E-state index is 0.229. The van der Waals surface area contributed by atoms with Crippen molar-refractivity contribution in [3.63, 3.8) is 0 Å². The Kier molecular flexibility index (Phi) is 5.05. The molecule has 0 amide bonds. The molecule has 15 heavy (non-hydrogen) atoms. The van der Waals surface area contributed by atoms with Crippen molar-refractivity contribution in [3.05, 3.63) is 0 Å². The van der Waals surface area contributed by atoms with Crippen molar-refractivity contribution in [2.75, 3.05) is 13.7 Å². The first-order valence-corrected chi connectivity index (χ1v) is 5.63. The summed E-state index contributed by atoms with van der Waals surface area (Å²) in [7, 11) is 1.53. The van der Waals surface area contributed by atoms with E-state index in [9.17, 15) is 4.79 Å². The van der Waals surface area contributed by atoms with Crippen LogP contribution in [0.3, 0.4) is 0 Å². The first kappa shape index (κ1) is 12.5. The van der Waals surface area contributed by atoms with Crippen LogP contribution >= 0.6 is 0 Å². The number of carboxylic acids is 1. The van der Waals surface area contributed by atoms with Gasteiger partial charge in [-0.05, 0) is 25.7 Å². The number of carbonyl (C=O) groups is 1. The number of hydrogen-bond acceptors (Lipinski definition) is 3. The number of nitrogens with one attached hydrogen (secondary N) is 1.